The number of likely N-dealkylation sites (N-methyl/N-ethyl adjacent to an activating group) is 1. The van der Waals surface area contributed by atoms with Crippen LogP contribution in [0.25, 0.3) is 22.0 Å². The normalized spacial score (nSPS) is 18.3. The molecular weight excluding hydrogens is 408 g/mol. The summed E-state index contributed by atoms with van der Waals surface area (Å²) in [4.78, 5) is 21.3. The largest absolute Gasteiger partial charge is 0.492 e. The number of anilines is 1. The second-order valence-electron chi connectivity index (χ2n) is 8.16. The molecule has 1 aliphatic rings. The summed E-state index contributed by atoms with van der Waals surface area (Å²) in [6.07, 6.45) is 4.10. The molecule has 3 N–H and O–H groups in total. The first-order chi connectivity index (χ1) is 15.5. The third-order valence-electron chi connectivity index (χ3n) is 5.83. The van der Waals surface area contributed by atoms with Gasteiger partial charge in [-0.25, -0.2) is 14.8 Å². The number of aromatic nitrogens is 2. The molecule has 0 unspecified atom stereocenters. The van der Waals surface area contributed by atoms with E-state index in [0.717, 1.165) is 47.7 Å². The van der Waals surface area contributed by atoms with E-state index < -0.39 is 6.09 Å². The van der Waals surface area contributed by atoms with Crippen LogP contribution in [-0.4, -0.2) is 63.5 Å². The van der Waals surface area contributed by atoms with Gasteiger partial charge in [-0.05, 0) is 43.4 Å². The maximum absolute atomic E-state index is 10.8. The Labute approximate surface area is 186 Å². The van der Waals surface area contributed by atoms with Gasteiger partial charge in [0.05, 0.1) is 18.2 Å². The van der Waals surface area contributed by atoms with E-state index in [4.69, 9.17) is 14.8 Å². The van der Waals surface area contributed by atoms with Gasteiger partial charge in [-0.1, -0.05) is 30.3 Å². The van der Waals surface area contributed by atoms with Crippen molar-refractivity contribution in [1.82, 2.24) is 14.9 Å². The number of carboxylic acid groups (broad SMARTS) is 1. The van der Waals surface area contributed by atoms with Crippen LogP contribution in [0, 0.1) is 0 Å². The molecule has 1 saturated carbocycles. The van der Waals surface area contributed by atoms with E-state index in [0.29, 0.717) is 18.2 Å². The number of aliphatic hydroxyl groups excluding tert-OH is 1. The summed E-state index contributed by atoms with van der Waals surface area (Å²) in [5.41, 5.74) is 2.89. The van der Waals surface area contributed by atoms with Crippen LogP contribution in [0.15, 0.2) is 48.7 Å². The molecule has 32 heavy (non-hydrogen) atoms. The minimum absolute atomic E-state index is 0.192. The Balaban J connectivity index is 1.49. The van der Waals surface area contributed by atoms with Crippen molar-refractivity contribution in [1.29, 1.82) is 0 Å². The smallest absolute Gasteiger partial charge is 0.407 e. The van der Waals surface area contributed by atoms with Gasteiger partial charge in [0.15, 0.2) is 0 Å². The minimum atomic E-state index is -0.975. The van der Waals surface area contributed by atoms with Crippen molar-refractivity contribution in [2.24, 2.45) is 0 Å². The molecule has 4 rings (SSSR count). The average Bonchev–Trinajstić information content (AvgIpc) is 2.80. The lowest BCUT2D eigenvalue weighted by Gasteiger charge is -2.26. The van der Waals surface area contributed by atoms with Crippen LogP contribution in [0.1, 0.15) is 25.7 Å². The number of hydrogen-bond donors (Lipinski definition) is 3. The Bertz CT molecular complexity index is 1070. The first-order valence-electron chi connectivity index (χ1n) is 10.9. The van der Waals surface area contributed by atoms with E-state index in [2.05, 4.69) is 10.3 Å². The molecule has 2 aromatic carbocycles. The number of para-hydroxylation sites is 1. The lowest BCUT2D eigenvalue weighted by atomic mass is 9.93. The third kappa shape index (κ3) is 5.26. The molecule has 1 aromatic heterocycles. The maximum Gasteiger partial charge on any atom is 0.407 e. The number of aliphatic hydroxyl groups is 1. The van der Waals surface area contributed by atoms with Crippen LogP contribution >= 0.6 is 0 Å². The summed E-state index contributed by atoms with van der Waals surface area (Å²) in [6, 6.07) is 14.0. The molecule has 0 radical (unpaired) electrons. The van der Waals surface area contributed by atoms with Gasteiger partial charge >= 0.3 is 6.09 Å². The van der Waals surface area contributed by atoms with Gasteiger partial charge in [0.2, 0.25) is 5.95 Å². The fourth-order valence-electron chi connectivity index (χ4n) is 3.89. The molecule has 8 nitrogen and oxygen atoms in total. The molecule has 1 amide bonds. The SMILES string of the molecule is CN(CCOc1ccc(-c2cccc3cnc(N[C@H]4CC[C@H](O)CC4)nc23)cc1)C(=O)O. The van der Waals surface area contributed by atoms with Crippen LogP contribution in [0.2, 0.25) is 0 Å². The minimum Gasteiger partial charge on any atom is -0.492 e. The van der Waals surface area contributed by atoms with Crippen molar-refractivity contribution in [2.75, 3.05) is 25.5 Å². The van der Waals surface area contributed by atoms with Crippen LogP contribution in [0.3, 0.4) is 0 Å². The number of benzene rings is 2. The van der Waals surface area contributed by atoms with Crippen LogP contribution < -0.4 is 10.1 Å². The highest BCUT2D eigenvalue weighted by atomic mass is 16.5. The quantitative estimate of drug-likeness (QED) is 0.514. The number of carbonyl (C=O) groups is 1. The van der Waals surface area contributed by atoms with Gasteiger partial charge in [0, 0.05) is 30.2 Å². The van der Waals surface area contributed by atoms with Crippen LogP contribution in [0.5, 0.6) is 5.75 Å². The fourth-order valence-corrected chi connectivity index (χ4v) is 3.89. The molecule has 3 aromatic rings. The lowest BCUT2D eigenvalue weighted by molar-refractivity contribution is 0.126. The number of amides is 1. The number of nitrogens with one attached hydrogen (secondary N) is 1. The topological polar surface area (TPSA) is 108 Å². The lowest BCUT2D eigenvalue weighted by Crippen LogP contribution is -2.29. The van der Waals surface area contributed by atoms with E-state index in [9.17, 15) is 9.90 Å². The van der Waals surface area contributed by atoms with E-state index in [1.165, 1.54) is 11.9 Å². The molecule has 0 bridgehead atoms. The molecule has 0 spiro atoms. The summed E-state index contributed by atoms with van der Waals surface area (Å²) < 4.78 is 5.66. The third-order valence-corrected chi connectivity index (χ3v) is 5.83. The molecule has 1 heterocycles. The molecule has 168 valence electrons. The van der Waals surface area contributed by atoms with Crippen molar-refractivity contribution in [2.45, 2.75) is 37.8 Å². The summed E-state index contributed by atoms with van der Waals surface area (Å²) in [5.74, 6) is 1.29. The zero-order chi connectivity index (χ0) is 22.5. The van der Waals surface area contributed by atoms with Gasteiger partial charge in [-0.2, -0.15) is 0 Å². The van der Waals surface area contributed by atoms with Crippen molar-refractivity contribution in [3.8, 4) is 16.9 Å². The maximum atomic E-state index is 10.8. The Morgan fingerprint density at radius 1 is 1.16 bits per heavy atom. The van der Waals surface area contributed by atoms with Gasteiger partial charge in [0.25, 0.3) is 0 Å². The Morgan fingerprint density at radius 2 is 1.91 bits per heavy atom. The number of nitrogens with zero attached hydrogens (tertiary/aromatic N) is 3. The Hall–Kier alpha value is -3.39. The average molecular weight is 437 g/mol. The highest BCUT2D eigenvalue weighted by molar-refractivity contribution is 5.93. The molecule has 1 fully saturated rings. The summed E-state index contributed by atoms with van der Waals surface area (Å²) in [5, 5.41) is 23.0. The number of hydrogen-bond acceptors (Lipinski definition) is 6. The highest BCUT2D eigenvalue weighted by Crippen LogP contribution is 2.29. The van der Waals surface area contributed by atoms with Gasteiger partial charge in [0.1, 0.15) is 12.4 Å². The summed E-state index contributed by atoms with van der Waals surface area (Å²) in [6.45, 7) is 0.587. The van der Waals surface area contributed by atoms with E-state index in [1.807, 2.05) is 48.7 Å². The summed E-state index contributed by atoms with van der Waals surface area (Å²) >= 11 is 0. The second-order valence-corrected chi connectivity index (χ2v) is 8.16. The monoisotopic (exact) mass is 436 g/mol. The predicted molar refractivity (Wildman–Crippen MR) is 123 cm³/mol. The number of fused-ring (bicyclic) bond motifs is 1. The molecule has 0 saturated heterocycles. The van der Waals surface area contributed by atoms with Gasteiger partial charge in [-0.15, -0.1) is 0 Å². The molecule has 0 aliphatic heterocycles. The Kier molecular flexibility index (Phi) is 6.70. The van der Waals surface area contributed by atoms with Crippen molar-refractivity contribution >= 4 is 22.9 Å². The molecule has 0 atom stereocenters. The van der Waals surface area contributed by atoms with Crippen molar-refractivity contribution in [3.05, 3.63) is 48.7 Å². The predicted octanol–water partition coefficient (Wildman–Crippen LogP) is 4.00. The second kappa shape index (κ2) is 9.82. The first-order valence-corrected chi connectivity index (χ1v) is 10.9. The van der Waals surface area contributed by atoms with Gasteiger partial charge in [-0.3, -0.25) is 0 Å². The molecule has 8 heteroatoms. The zero-order valence-electron chi connectivity index (χ0n) is 18.1. The Morgan fingerprint density at radius 3 is 2.62 bits per heavy atom. The van der Waals surface area contributed by atoms with Crippen LogP contribution in [-0.2, 0) is 0 Å². The zero-order valence-corrected chi connectivity index (χ0v) is 18.1. The number of ether oxygens (including phenoxy) is 1. The van der Waals surface area contributed by atoms with E-state index >= 15 is 0 Å². The standard InChI is InChI=1S/C24H28N4O4/c1-28(24(30)31)13-14-32-20-11-5-16(6-12-20)21-4-2-3-17-15-25-23(27-22(17)21)26-18-7-9-19(29)10-8-18/h2-6,11-12,15,18-19,29H,7-10,13-14H2,1H3,(H,30,31)(H,25,26,27)/t18-,19-. The van der Waals surface area contributed by atoms with Crippen molar-refractivity contribution in [3.63, 3.8) is 0 Å². The summed E-state index contributed by atoms with van der Waals surface area (Å²) in [7, 11) is 1.51. The molecular formula is C24H28N4O4. The van der Waals surface area contributed by atoms with E-state index in [-0.39, 0.29) is 18.8 Å². The van der Waals surface area contributed by atoms with Crippen molar-refractivity contribution < 1.29 is 19.7 Å². The van der Waals surface area contributed by atoms with Gasteiger partial charge < -0.3 is 25.2 Å². The number of rotatable bonds is 7. The molecule has 1 aliphatic carbocycles. The first kappa shape index (κ1) is 21.8. The highest BCUT2D eigenvalue weighted by Gasteiger charge is 2.20. The van der Waals surface area contributed by atoms with E-state index in [1.54, 1.807) is 0 Å². The fraction of sp³-hybridized carbons (Fsp3) is 0.375. The van der Waals surface area contributed by atoms with Crippen LogP contribution in [0.4, 0.5) is 10.7 Å².